The normalized spacial score (nSPS) is 18.1. The van der Waals surface area contributed by atoms with Crippen molar-refractivity contribution in [3.63, 3.8) is 0 Å². The highest BCUT2D eigenvalue weighted by Gasteiger charge is 2.32. The number of likely N-dealkylation sites (N-methyl/N-ethyl adjacent to an activating group) is 1. The number of nitrogens with zero attached hydrogens (tertiary/aromatic N) is 6. The Bertz CT molecular complexity index is 845. The van der Waals surface area contributed by atoms with E-state index in [9.17, 15) is 9.59 Å². The van der Waals surface area contributed by atoms with Gasteiger partial charge in [0.15, 0.2) is 11.5 Å². The summed E-state index contributed by atoms with van der Waals surface area (Å²) in [5, 5.41) is 11.5. The number of nitrogens with one attached hydrogen (secondary N) is 1. The molecular formula is C18H27N7O2. The Morgan fingerprint density at radius 2 is 1.96 bits per heavy atom. The highest BCUT2D eigenvalue weighted by molar-refractivity contribution is 5.94. The molecule has 9 nitrogen and oxygen atoms in total. The molecule has 1 saturated heterocycles. The van der Waals surface area contributed by atoms with Crippen molar-refractivity contribution < 1.29 is 9.59 Å². The Morgan fingerprint density at radius 3 is 2.63 bits per heavy atom. The second-order valence-electron chi connectivity index (χ2n) is 7.45. The Morgan fingerprint density at radius 1 is 1.22 bits per heavy atom. The molecule has 0 saturated carbocycles. The Balaban J connectivity index is 1.92. The fraction of sp³-hybridized carbons (Fsp3) is 0.556. The van der Waals surface area contributed by atoms with Crippen LogP contribution in [0, 0.1) is 0 Å². The number of pyridine rings is 1. The van der Waals surface area contributed by atoms with Gasteiger partial charge in [-0.05, 0) is 33.0 Å². The minimum Gasteiger partial charge on any atom is -0.350 e. The molecule has 2 aromatic heterocycles. The number of rotatable bonds is 3. The molecule has 0 unspecified atom stereocenters. The van der Waals surface area contributed by atoms with Crippen LogP contribution >= 0.6 is 0 Å². The number of aromatic nitrogens is 3. The topological polar surface area (TPSA) is 86.1 Å². The van der Waals surface area contributed by atoms with Gasteiger partial charge in [-0.1, -0.05) is 0 Å². The van der Waals surface area contributed by atoms with Gasteiger partial charge in [0.25, 0.3) is 5.91 Å². The molecule has 27 heavy (non-hydrogen) atoms. The summed E-state index contributed by atoms with van der Waals surface area (Å²) in [5.41, 5.74) is 1.23. The maximum Gasteiger partial charge on any atom is 0.319 e. The lowest BCUT2D eigenvalue weighted by Crippen LogP contribution is -2.52. The summed E-state index contributed by atoms with van der Waals surface area (Å²) < 4.78 is 1.85. The largest absolute Gasteiger partial charge is 0.350 e. The monoisotopic (exact) mass is 373 g/mol. The summed E-state index contributed by atoms with van der Waals surface area (Å²) in [6.45, 7) is 5.79. The van der Waals surface area contributed by atoms with Gasteiger partial charge in [-0.3, -0.25) is 14.1 Å². The Labute approximate surface area is 158 Å². The molecule has 1 atom stereocenters. The van der Waals surface area contributed by atoms with Crippen molar-refractivity contribution in [3.8, 4) is 0 Å². The SMILES string of the molecule is CC(C)NC(=O)c1ccc2nnc([C@@H]3CN(C(=O)N(C)C)CCN3C)n2c1. The van der Waals surface area contributed by atoms with E-state index in [2.05, 4.69) is 20.4 Å². The third-order valence-corrected chi connectivity index (χ3v) is 4.71. The lowest BCUT2D eigenvalue weighted by Gasteiger charge is -2.39. The van der Waals surface area contributed by atoms with E-state index in [0.717, 1.165) is 12.4 Å². The molecule has 146 valence electrons. The van der Waals surface area contributed by atoms with Crippen LogP contribution in [0.5, 0.6) is 0 Å². The molecule has 1 aliphatic heterocycles. The van der Waals surface area contributed by atoms with Gasteiger partial charge >= 0.3 is 6.03 Å². The molecule has 1 fully saturated rings. The zero-order valence-corrected chi connectivity index (χ0v) is 16.5. The molecule has 3 rings (SSSR count). The van der Waals surface area contributed by atoms with Crippen molar-refractivity contribution in [2.45, 2.75) is 25.9 Å². The quantitative estimate of drug-likeness (QED) is 0.862. The first-order chi connectivity index (χ1) is 12.8. The van der Waals surface area contributed by atoms with E-state index in [1.54, 1.807) is 37.3 Å². The minimum atomic E-state index is -0.132. The third kappa shape index (κ3) is 3.87. The molecule has 1 aliphatic rings. The maximum atomic E-state index is 12.4. The molecule has 2 aromatic rings. The molecule has 0 aromatic carbocycles. The fourth-order valence-corrected chi connectivity index (χ4v) is 3.22. The molecule has 0 radical (unpaired) electrons. The molecule has 1 N–H and O–H groups in total. The molecule has 0 spiro atoms. The molecule has 3 amide bonds. The smallest absolute Gasteiger partial charge is 0.319 e. The minimum absolute atomic E-state index is 0.0149. The summed E-state index contributed by atoms with van der Waals surface area (Å²) in [4.78, 5) is 30.3. The summed E-state index contributed by atoms with van der Waals surface area (Å²) in [7, 11) is 5.52. The molecule has 0 aliphatic carbocycles. The van der Waals surface area contributed by atoms with E-state index in [4.69, 9.17) is 0 Å². The van der Waals surface area contributed by atoms with Gasteiger partial charge in [0.05, 0.1) is 11.6 Å². The van der Waals surface area contributed by atoms with Crippen molar-refractivity contribution in [2.24, 2.45) is 0 Å². The predicted molar refractivity (Wildman–Crippen MR) is 102 cm³/mol. The first kappa shape index (κ1) is 19.1. The van der Waals surface area contributed by atoms with Crippen molar-refractivity contribution >= 4 is 17.6 Å². The van der Waals surface area contributed by atoms with Gasteiger partial charge in [-0.25, -0.2) is 4.79 Å². The number of carbonyl (C=O) groups is 2. The van der Waals surface area contributed by atoms with Crippen LogP contribution in [0.3, 0.4) is 0 Å². The number of amides is 3. The number of piperazine rings is 1. The average Bonchev–Trinajstić information content (AvgIpc) is 3.03. The highest BCUT2D eigenvalue weighted by Crippen LogP contribution is 2.24. The van der Waals surface area contributed by atoms with Crippen LogP contribution in [0.4, 0.5) is 4.79 Å². The molecule has 0 bridgehead atoms. The van der Waals surface area contributed by atoms with Crippen molar-refractivity contribution in [3.05, 3.63) is 29.7 Å². The molecular weight excluding hydrogens is 346 g/mol. The third-order valence-electron chi connectivity index (χ3n) is 4.71. The Kier molecular flexibility index (Phi) is 5.31. The first-order valence-corrected chi connectivity index (χ1v) is 9.10. The fourth-order valence-electron chi connectivity index (χ4n) is 3.22. The lowest BCUT2D eigenvalue weighted by molar-refractivity contribution is 0.0932. The second-order valence-corrected chi connectivity index (χ2v) is 7.45. The van der Waals surface area contributed by atoms with Crippen LogP contribution in [0.15, 0.2) is 18.3 Å². The molecule has 9 heteroatoms. The highest BCUT2D eigenvalue weighted by atomic mass is 16.2. The van der Waals surface area contributed by atoms with Crippen molar-refractivity contribution in [1.29, 1.82) is 0 Å². The summed E-state index contributed by atoms with van der Waals surface area (Å²) in [5.74, 6) is 0.593. The number of hydrogen-bond donors (Lipinski definition) is 1. The van der Waals surface area contributed by atoms with Crippen molar-refractivity contribution in [2.75, 3.05) is 40.8 Å². The van der Waals surface area contributed by atoms with Gasteiger partial charge in [0.2, 0.25) is 0 Å². The maximum absolute atomic E-state index is 12.4. The average molecular weight is 373 g/mol. The standard InChI is InChI=1S/C18H27N7O2/c1-12(2)19-17(26)13-6-7-15-20-21-16(25(15)10-13)14-11-24(9-8-23(14)5)18(27)22(3)4/h6-7,10,12,14H,8-9,11H2,1-5H3,(H,19,26)/t14-/m0/s1. The lowest BCUT2D eigenvalue weighted by atomic mass is 10.1. The predicted octanol–water partition coefficient (Wildman–Crippen LogP) is 0.838. The zero-order valence-electron chi connectivity index (χ0n) is 16.5. The zero-order chi connectivity index (χ0) is 19.7. The number of fused-ring (bicyclic) bond motifs is 1. The first-order valence-electron chi connectivity index (χ1n) is 9.10. The van der Waals surface area contributed by atoms with Crippen LogP contribution in [-0.4, -0.2) is 88.1 Å². The van der Waals surface area contributed by atoms with Gasteiger partial charge in [0.1, 0.15) is 0 Å². The molecule has 3 heterocycles. The number of carbonyl (C=O) groups excluding carboxylic acids is 2. The number of hydrogen-bond acceptors (Lipinski definition) is 5. The Hall–Kier alpha value is -2.68. The van der Waals surface area contributed by atoms with Crippen LogP contribution in [-0.2, 0) is 0 Å². The van der Waals surface area contributed by atoms with E-state index in [-0.39, 0.29) is 24.0 Å². The van der Waals surface area contributed by atoms with E-state index in [1.165, 1.54) is 0 Å². The summed E-state index contributed by atoms with van der Waals surface area (Å²) in [6.07, 6.45) is 1.77. The summed E-state index contributed by atoms with van der Waals surface area (Å²) in [6, 6.07) is 3.48. The van der Waals surface area contributed by atoms with E-state index in [0.29, 0.717) is 24.3 Å². The summed E-state index contributed by atoms with van der Waals surface area (Å²) >= 11 is 0. The van der Waals surface area contributed by atoms with Gasteiger partial charge in [-0.2, -0.15) is 0 Å². The van der Waals surface area contributed by atoms with Crippen LogP contribution in [0.2, 0.25) is 0 Å². The van der Waals surface area contributed by atoms with E-state index < -0.39 is 0 Å². The second kappa shape index (κ2) is 7.51. The van der Waals surface area contributed by atoms with E-state index >= 15 is 0 Å². The van der Waals surface area contributed by atoms with Gasteiger partial charge < -0.3 is 15.1 Å². The van der Waals surface area contributed by atoms with Gasteiger partial charge in [-0.15, -0.1) is 10.2 Å². The van der Waals surface area contributed by atoms with Crippen LogP contribution < -0.4 is 5.32 Å². The van der Waals surface area contributed by atoms with Crippen LogP contribution in [0.25, 0.3) is 5.65 Å². The van der Waals surface area contributed by atoms with E-state index in [1.807, 2.05) is 30.2 Å². The van der Waals surface area contributed by atoms with Crippen molar-refractivity contribution in [1.82, 2.24) is 34.6 Å². The van der Waals surface area contributed by atoms with Crippen LogP contribution in [0.1, 0.15) is 36.1 Å². The van der Waals surface area contributed by atoms with Gasteiger partial charge in [0, 0.05) is 46.0 Å². The number of urea groups is 1.